The highest BCUT2D eigenvalue weighted by Crippen LogP contribution is 2.39. The van der Waals surface area contributed by atoms with Gasteiger partial charge >= 0.3 is 31.8 Å². The number of nitrogens with zero attached hydrogens (tertiary/aromatic N) is 5. The van der Waals surface area contributed by atoms with Gasteiger partial charge in [0.05, 0.1) is 33.7 Å². The van der Waals surface area contributed by atoms with E-state index in [9.17, 15) is 67.1 Å². The zero-order valence-electron chi connectivity index (χ0n) is 36.3. The Morgan fingerprint density at radius 2 is 1.15 bits per heavy atom. The van der Waals surface area contributed by atoms with Crippen molar-refractivity contribution in [1.29, 1.82) is 0 Å². The molecular weight excluding hydrogens is 971 g/mol. The zero-order chi connectivity index (χ0) is 52.2. The van der Waals surface area contributed by atoms with Crippen LogP contribution in [0.5, 0.6) is 0 Å². The minimum absolute atomic E-state index is 0.0383. The van der Waals surface area contributed by atoms with E-state index in [1.54, 1.807) is 33.8 Å². The van der Waals surface area contributed by atoms with E-state index in [2.05, 4.69) is 27.2 Å². The Hall–Kier alpha value is -7.48. The van der Waals surface area contributed by atoms with E-state index in [0.717, 1.165) is 12.8 Å². The highest BCUT2D eigenvalue weighted by molar-refractivity contribution is 6.58. The van der Waals surface area contributed by atoms with Crippen molar-refractivity contribution < 1.29 is 77.1 Å². The second-order valence-electron chi connectivity index (χ2n) is 15.8. The summed E-state index contributed by atoms with van der Waals surface area (Å²) >= 11 is 0. The number of fused-ring (bicyclic) bond motifs is 1. The Morgan fingerprint density at radius 1 is 0.704 bits per heavy atom. The van der Waals surface area contributed by atoms with Crippen molar-refractivity contribution in [3.63, 3.8) is 0 Å². The summed E-state index contributed by atoms with van der Waals surface area (Å²) in [6.45, 7) is 4.20. The highest BCUT2D eigenvalue weighted by Gasteiger charge is 2.39. The SMILES string of the molecule is C=CC(=O)N1CCC[C@@H](n2nc(-c3ccc(CNC(=O)c4cc(C(F)(F)F)cc(C(F)(F)F)c4)cc3)c3c(N)ncnc32)C1.O=C(NCc1ccc(B(O)O)cc1)c1cc(C(F)(F)F)cc(C(F)(F)F)c1. The molecule has 13 nitrogen and oxygen atoms in total. The summed E-state index contributed by atoms with van der Waals surface area (Å²) in [5.74, 6) is -2.20. The van der Waals surface area contributed by atoms with Gasteiger partial charge in [0, 0.05) is 42.9 Å². The molecule has 0 spiro atoms. The average molecular weight is 1010 g/mol. The molecule has 2 aromatic heterocycles. The molecule has 3 amide bonds. The van der Waals surface area contributed by atoms with Crippen LogP contribution in [0.2, 0.25) is 0 Å². The van der Waals surface area contributed by atoms with Gasteiger partial charge in [-0.3, -0.25) is 14.4 Å². The zero-order valence-corrected chi connectivity index (χ0v) is 36.3. The summed E-state index contributed by atoms with van der Waals surface area (Å²) in [7, 11) is -1.69. The smallest absolute Gasteiger partial charge is 0.423 e. The highest BCUT2D eigenvalue weighted by atomic mass is 19.4. The van der Waals surface area contributed by atoms with E-state index in [-0.39, 0.29) is 48.5 Å². The standard InChI is InChI=1S/C29H25F6N7O2.C16H12BF6NO3/c1-2-22(43)41-9-3-4-21(14-41)42-26-23(25(36)38-15-39-26)24(40-42)17-7-5-16(6-8-17)13-37-27(44)18-10-19(28(30,31)32)12-20(11-18)29(33,34)35;18-15(19,20)11-5-10(6-12(7-11)16(21,22)23)14(25)24-8-9-1-3-13(4-2-9)17(26)27/h2,5-8,10-12,15,21H,1,3-4,9,13-14H2,(H,37,44)(H2,36,38,39);1-7,26-27H,8H2,(H,24,25)/t21-;/m1./s1. The van der Waals surface area contributed by atoms with Crippen LogP contribution in [0, 0.1) is 0 Å². The Morgan fingerprint density at radius 3 is 1.58 bits per heavy atom. The number of nitrogens with one attached hydrogen (secondary N) is 2. The van der Waals surface area contributed by atoms with Crippen molar-refractivity contribution in [2.24, 2.45) is 0 Å². The summed E-state index contributed by atoms with van der Waals surface area (Å²) in [6, 6.07) is 13.3. The number of likely N-dealkylation sites (tertiary alicyclic amines) is 1. The molecule has 1 aliphatic heterocycles. The molecule has 0 radical (unpaired) electrons. The molecule has 26 heteroatoms. The minimum Gasteiger partial charge on any atom is -0.423 e. The van der Waals surface area contributed by atoms with Gasteiger partial charge in [-0.15, -0.1) is 0 Å². The number of hydrogen-bond acceptors (Lipinski definition) is 9. The van der Waals surface area contributed by atoms with Gasteiger partial charge in [-0.1, -0.05) is 55.1 Å². The van der Waals surface area contributed by atoms with Crippen molar-refractivity contribution >= 4 is 47.2 Å². The quantitative estimate of drug-likeness (QED) is 0.0520. The van der Waals surface area contributed by atoms with Gasteiger partial charge in [-0.25, -0.2) is 14.6 Å². The molecule has 3 heterocycles. The molecule has 0 aliphatic carbocycles. The lowest BCUT2D eigenvalue weighted by molar-refractivity contribution is -0.144. The van der Waals surface area contributed by atoms with Crippen LogP contribution < -0.4 is 21.8 Å². The van der Waals surface area contributed by atoms with Crippen LogP contribution in [0.1, 0.15) is 73.0 Å². The second-order valence-corrected chi connectivity index (χ2v) is 15.8. The number of rotatable bonds is 10. The maximum atomic E-state index is 13.2. The van der Waals surface area contributed by atoms with Gasteiger partial charge in [0.25, 0.3) is 11.8 Å². The van der Waals surface area contributed by atoms with Gasteiger partial charge in [0.15, 0.2) is 5.65 Å². The third-order valence-corrected chi connectivity index (χ3v) is 10.9. The molecule has 1 aliphatic rings. The van der Waals surface area contributed by atoms with Crippen molar-refractivity contribution in [2.45, 2.75) is 56.7 Å². The molecule has 71 heavy (non-hydrogen) atoms. The fourth-order valence-corrected chi connectivity index (χ4v) is 7.26. The largest absolute Gasteiger partial charge is 0.488 e. The molecular formula is C45H37BF12N8O5. The van der Waals surface area contributed by atoms with Gasteiger partial charge in [-0.2, -0.15) is 57.8 Å². The van der Waals surface area contributed by atoms with Crippen molar-refractivity contribution in [2.75, 3.05) is 18.8 Å². The number of anilines is 1. The third kappa shape index (κ3) is 13.0. The third-order valence-electron chi connectivity index (χ3n) is 10.9. The molecule has 0 bridgehead atoms. The van der Waals surface area contributed by atoms with Crippen molar-refractivity contribution in [1.82, 2.24) is 35.3 Å². The van der Waals surface area contributed by atoms with Crippen LogP contribution in [0.3, 0.4) is 0 Å². The molecule has 1 saturated heterocycles. The van der Waals surface area contributed by atoms with Crippen LogP contribution in [-0.2, 0) is 42.6 Å². The minimum atomic E-state index is -5.07. The van der Waals surface area contributed by atoms with Gasteiger partial charge in [0.1, 0.15) is 17.8 Å². The number of nitrogens with two attached hydrogens (primary N) is 1. The molecule has 7 rings (SSSR count). The van der Waals surface area contributed by atoms with E-state index >= 15 is 0 Å². The summed E-state index contributed by atoms with van der Waals surface area (Å²) in [4.78, 5) is 47.0. The summed E-state index contributed by atoms with van der Waals surface area (Å²) in [6.07, 6.45) is -16.2. The van der Waals surface area contributed by atoms with Crippen molar-refractivity contribution in [3.8, 4) is 11.3 Å². The number of amides is 3. The number of benzene rings is 4. The van der Waals surface area contributed by atoms with Crippen LogP contribution in [-0.4, -0.2) is 72.6 Å². The summed E-state index contributed by atoms with van der Waals surface area (Å²) < 4.78 is 158. The predicted molar refractivity (Wildman–Crippen MR) is 232 cm³/mol. The summed E-state index contributed by atoms with van der Waals surface area (Å²) in [5.41, 5.74) is 1.07. The fraction of sp³-hybridized carbons (Fsp3) is 0.244. The number of carbonyl (C=O) groups excluding carboxylic acids is 3. The first-order valence-electron chi connectivity index (χ1n) is 20.7. The lowest BCUT2D eigenvalue weighted by Crippen LogP contribution is -2.40. The Labute approximate surface area is 394 Å². The molecule has 0 saturated carbocycles. The Kier molecular flexibility index (Phi) is 15.5. The molecule has 6 aromatic rings. The maximum Gasteiger partial charge on any atom is 0.488 e. The van der Waals surface area contributed by atoms with Crippen molar-refractivity contribution in [3.05, 3.63) is 148 Å². The normalized spacial score (nSPS) is 14.3. The number of aromatic nitrogens is 4. The van der Waals surface area contributed by atoms with E-state index in [1.807, 2.05) is 0 Å². The van der Waals surface area contributed by atoms with Crippen LogP contribution >= 0.6 is 0 Å². The van der Waals surface area contributed by atoms with Crippen LogP contribution in [0.15, 0.2) is 104 Å². The average Bonchev–Trinajstić information content (AvgIpc) is 3.72. The summed E-state index contributed by atoms with van der Waals surface area (Å²) in [5, 5.41) is 27.8. The first kappa shape index (κ1) is 52.9. The predicted octanol–water partition coefficient (Wildman–Crippen LogP) is 7.73. The molecule has 6 N–H and O–H groups in total. The molecule has 374 valence electrons. The van der Waals surface area contributed by atoms with Gasteiger partial charge in [0.2, 0.25) is 5.91 Å². The number of nitrogen functional groups attached to an aromatic ring is 1. The van der Waals surface area contributed by atoms with Crippen LogP contribution in [0.25, 0.3) is 22.3 Å². The molecule has 1 fully saturated rings. The van der Waals surface area contributed by atoms with E-state index in [4.69, 9.17) is 20.9 Å². The number of halogens is 12. The number of hydrogen-bond donors (Lipinski definition) is 5. The lowest BCUT2D eigenvalue weighted by atomic mass is 9.80. The van der Waals surface area contributed by atoms with Gasteiger partial charge < -0.3 is 31.3 Å². The first-order chi connectivity index (χ1) is 33.1. The van der Waals surface area contributed by atoms with Crippen LogP contribution in [0.4, 0.5) is 58.5 Å². The fourth-order valence-electron chi connectivity index (χ4n) is 7.26. The number of piperidine rings is 1. The number of carbonyl (C=O) groups is 3. The Bertz CT molecular complexity index is 2860. The second kappa shape index (κ2) is 20.9. The molecule has 1 atom stereocenters. The van der Waals surface area contributed by atoms with E-state index in [1.165, 1.54) is 36.7 Å². The topological polar surface area (TPSA) is 189 Å². The van der Waals surface area contributed by atoms with Gasteiger partial charge in [-0.05, 0) is 71.9 Å². The molecule has 0 unspecified atom stereocenters. The molecule has 4 aromatic carbocycles. The lowest BCUT2D eigenvalue weighted by Gasteiger charge is -2.32. The van der Waals surface area contributed by atoms with E-state index in [0.29, 0.717) is 70.8 Å². The maximum absolute atomic E-state index is 13.2. The monoisotopic (exact) mass is 1010 g/mol. The van der Waals surface area contributed by atoms with E-state index < -0.39 is 77.0 Å². The number of alkyl halides is 12. The first-order valence-corrected chi connectivity index (χ1v) is 20.7. The Balaban J connectivity index is 0.000000262.